The van der Waals surface area contributed by atoms with Crippen LogP contribution in [0.4, 0.5) is 11.5 Å². The van der Waals surface area contributed by atoms with Crippen LogP contribution in [0, 0.1) is 17.0 Å². The van der Waals surface area contributed by atoms with E-state index >= 15 is 0 Å². The Labute approximate surface area is 106 Å². The van der Waals surface area contributed by atoms with Crippen LogP contribution in [0.2, 0.25) is 0 Å². The summed E-state index contributed by atoms with van der Waals surface area (Å²) < 4.78 is 0. The summed E-state index contributed by atoms with van der Waals surface area (Å²) in [6, 6.07) is 3.27. The van der Waals surface area contributed by atoms with Crippen LogP contribution in [-0.4, -0.2) is 35.1 Å². The number of aromatic nitrogens is 1. The second-order valence-electron chi connectivity index (χ2n) is 5.17. The third-order valence-corrected chi connectivity index (χ3v) is 3.32. The largest absolute Gasteiger partial charge is 0.349 e. The average Bonchev–Trinajstić information content (AvgIpc) is 2.27. The fourth-order valence-electron chi connectivity index (χ4n) is 2.29. The molecule has 1 aliphatic heterocycles. The molecule has 1 saturated heterocycles. The van der Waals surface area contributed by atoms with Crippen molar-refractivity contribution in [2.24, 2.45) is 0 Å². The summed E-state index contributed by atoms with van der Waals surface area (Å²) in [6.45, 7) is 8.59. The number of hydrogen-bond donors (Lipinski definition) is 1. The van der Waals surface area contributed by atoms with Gasteiger partial charge >= 0.3 is 0 Å². The maximum atomic E-state index is 10.8. The molecule has 0 radical (unpaired) electrons. The Bertz CT molecular complexity index is 473. The number of nitrogens with zero attached hydrogens (tertiary/aromatic N) is 3. The van der Waals surface area contributed by atoms with E-state index in [1.807, 2.05) is 0 Å². The topological polar surface area (TPSA) is 71.3 Å². The summed E-state index contributed by atoms with van der Waals surface area (Å²) in [5.74, 6) is 0.810. The van der Waals surface area contributed by atoms with Crippen LogP contribution in [-0.2, 0) is 0 Å². The lowest BCUT2D eigenvalue weighted by Gasteiger charge is -2.43. The molecular formula is C12H18N4O2. The first-order chi connectivity index (χ1) is 8.42. The highest BCUT2D eigenvalue weighted by molar-refractivity contribution is 5.49. The molecule has 0 aliphatic carbocycles. The van der Waals surface area contributed by atoms with Crippen molar-refractivity contribution in [3.05, 3.63) is 27.9 Å². The minimum Gasteiger partial charge on any atom is -0.349 e. The van der Waals surface area contributed by atoms with E-state index in [1.54, 1.807) is 13.0 Å². The van der Waals surface area contributed by atoms with E-state index in [2.05, 4.69) is 29.0 Å². The minimum atomic E-state index is -0.394. The maximum Gasteiger partial charge on any atom is 0.290 e. The van der Waals surface area contributed by atoms with Crippen molar-refractivity contribution in [1.82, 2.24) is 10.3 Å². The predicted octanol–water partition coefficient (Wildman–Crippen LogP) is 1.49. The Balaban J connectivity index is 2.34. The van der Waals surface area contributed by atoms with Crippen LogP contribution in [0.15, 0.2) is 12.1 Å². The zero-order valence-corrected chi connectivity index (χ0v) is 10.9. The molecule has 0 aromatic carbocycles. The molecular weight excluding hydrogens is 232 g/mol. The number of nitro groups is 1. The molecule has 0 spiro atoms. The van der Waals surface area contributed by atoms with E-state index in [4.69, 9.17) is 0 Å². The molecule has 0 amide bonds. The number of anilines is 1. The lowest BCUT2D eigenvalue weighted by Crippen LogP contribution is -2.58. The van der Waals surface area contributed by atoms with E-state index < -0.39 is 4.92 Å². The van der Waals surface area contributed by atoms with Gasteiger partial charge in [-0.15, -0.1) is 0 Å². The Morgan fingerprint density at radius 2 is 2.22 bits per heavy atom. The molecule has 2 heterocycles. The number of nitrogens with one attached hydrogen (secondary N) is 1. The van der Waals surface area contributed by atoms with Gasteiger partial charge in [-0.3, -0.25) is 10.1 Å². The van der Waals surface area contributed by atoms with Gasteiger partial charge in [0.2, 0.25) is 0 Å². The number of rotatable bonds is 2. The Hall–Kier alpha value is -1.69. The first kappa shape index (κ1) is 12.8. The zero-order valence-electron chi connectivity index (χ0n) is 10.9. The average molecular weight is 250 g/mol. The van der Waals surface area contributed by atoms with Crippen molar-refractivity contribution in [3.63, 3.8) is 0 Å². The molecule has 6 nitrogen and oxygen atoms in total. The van der Waals surface area contributed by atoms with Crippen LogP contribution in [0.5, 0.6) is 0 Å². The van der Waals surface area contributed by atoms with Gasteiger partial charge < -0.3 is 10.2 Å². The second kappa shape index (κ2) is 4.53. The standard InChI is InChI=1S/C12H18N4O2/c1-9-10(16(17)18)4-5-11(14-9)15-7-6-13-8-12(15,2)3/h4-5,13H,6-8H2,1-3H3. The van der Waals surface area contributed by atoms with Gasteiger partial charge in [0.15, 0.2) is 0 Å². The van der Waals surface area contributed by atoms with Crippen molar-refractivity contribution >= 4 is 11.5 Å². The fraction of sp³-hybridized carbons (Fsp3) is 0.583. The summed E-state index contributed by atoms with van der Waals surface area (Å²) in [6.07, 6.45) is 0. The molecule has 1 N–H and O–H groups in total. The van der Waals surface area contributed by atoms with Crippen LogP contribution in [0.25, 0.3) is 0 Å². The Morgan fingerprint density at radius 1 is 1.50 bits per heavy atom. The Kier molecular flexibility index (Phi) is 3.21. The van der Waals surface area contributed by atoms with Crippen molar-refractivity contribution in [2.75, 3.05) is 24.5 Å². The molecule has 1 aliphatic rings. The molecule has 98 valence electrons. The number of pyridine rings is 1. The summed E-state index contributed by atoms with van der Waals surface area (Å²) in [5, 5.41) is 14.1. The predicted molar refractivity (Wildman–Crippen MR) is 69.9 cm³/mol. The van der Waals surface area contributed by atoms with E-state index in [9.17, 15) is 10.1 Å². The van der Waals surface area contributed by atoms with E-state index in [0.717, 1.165) is 25.5 Å². The first-order valence-corrected chi connectivity index (χ1v) is 6.02. The Morgan fingerprint density at radius 3 is 2.78 bits per heavy atom. The van der Waals surface area contributed by atoms with Gasteiger partial charge in [-0.05, 0) is 26.8 Å². The lowest BCUT2D eigenvalue weighted by molar-refractivity contribution is -0.385. The van der Waals surface area contributed by atoms with Crippen LogP contribution in [0.3, 0.4) is 0 Å². The highest BCUT2D eigenvalue weighted by Crippen LogP contribution is 2.26. The molecule has 1 fully saturated rings. The third kappa shape index (κ3) is 2.28. The lowest BCUT2D eigenvalue weighted by atomic mass is 10.0. The molecule has 0 saturated carbocycles. The van der Waals surface area contributed by atoms with Crippen molar-refractivity contribution in [2.45, 2.75) is 26.3 Å². The summed E-state index contributed by atoms with van der Waals surface area (Å²) in [5.41, 5.74) is 0.506. The van der Waals surface area contributed by atoms with Gasteiger partial charge in [-0.2, -0.15) is 0 Å². The number of piperazine rings is 1. The molecule has 0 atom stereocenters. The van der Waals surface area contributed by atoms with Gasteiger partial charge in [-0.25, -0.2) is 4.98 Å². The monoisotopic (exact) mass is 250 g/mol. The van der Waals surface area contributed by atoms with E-state index in [1.165, 1.54) is 6.07 Å². The van der Waals surface area contributed by atoms with Crippen molar-refractivity contribution < 1.29 is 4.92 Å². The first-order valence-electron chi connectivity index (χ1n) is 6.02. The SMILES string of the molecule is Cc1nc(N2CCNCC2(C)C)ccc1[N+](=O)[O-]. The van der Waals surface area contributed by atoms with Crippen molar-refractivity contribution in [3.8, 4) is 0 Å². The van der Waals surface area contributed by atoms with Gasteiger partial charge in [0.1, 0.15) is 11.5 Å². The third-order valence-electron chi connectivity index (χ3n) is 3.32. The van der Waals surface area contributed by atoms with Crippen LogP contribution < -0.4 is 10.2 Å². The highest BCUT2D eigenvalue weighted by Gasteiger charge is 2.31. The summed E-state index contributed by atoms with van der Waals surface area (Å²) >= 11 is 0. The molecule has 0 bridgehead atoms. The van der Waals surface area contributed by atoms with Gasteiger partial charge in [0, 0.05) is 31.2 Å². The fourth-order valence-corrected chi connectivity index (χ4v) is 2.29. The van der Waals surface area contributed by atoms with Gasteiger partial charge in [0.25, 0.3) is 5.69 Å². The molecule has 0 unspecified atom stereocenters. The molecule has 1 aromatic heterocycles. The summed E-state index contributed by atoms with van der Waals surface area (Å²) in [7, 11) is 0. The molecule has 2 rings (SSSR count). The molecule has 18 heavy (non-hydrogen) atoms. The quantitative estimate of drug-likeness (QED) is 0.636. The molecule has 6 heteroatoms. The number of hydrogen-bond acceptors (Lipinski definition) is 5. The zero-order chi connectivity index (χ0) is 13.3. The second-order valence-corrected chi connectivity index (χ2v) is 5.17. The van der Waals surface area contributed by atoms with E-state index in [0.29, 0.717) is 5.69 Å². The maximum absolute atomic E-state index is 10.8. The molecule has 1 aromatic rings. The minimum absolute atomic E-state index is 0.0339. The van der Waals surface area contributed by atoms with Crippen LogP contribution in [0.1, 0.15) is 19.5 Å². The summed E-state index contributed by atoms with van der Waals surface area (Å²) in [4.78, 5) is 16.9. The smallest absolute Gasteiger partial charge is 0.290 e. The van der Waals surface area contributed by atoms with Crippen LogP contribution >= 0.6 is 0 Å². The van der Waals surface area contributed by atoms with E-state index in [-0.39, 0.29) is 11.2 Å². The normalized spacial score (nSPS) is 18.7. The van der Waals surface area contributed by atoms with Gasteiger partial charge in [0.05, 0.1) is 4.92 Å². The van der Waals surface area contributed by atoms with Gasteiger partial charge in [-0.1, -0.05) is 0 Å². The number of aryl methyl sites for hydroxylation is 1. The highest BCUT2D eigenvalue weighted by atomic mass is 16.6. The van der Waals surface area contributed by atoms with Crippen molar-refractivity contribution in [1.29, 1.82) is 0 Å².